The van der Waals surface area contributed by atoms with E-state index in [1.54, 1.807) is 13.8 Å². The lowest BCUT2D eigenvalue weighted by molar-refractivity contribution is -0.120. The molecule has 1 aromatic carbocycles. The van der Waals surface area contributed by atoms with Crippen molar-refractivity contribution in [1.82, 2.24) is 0 Å². The molecule has 94 valence electrons. The van der Waals surface area contributed by atoms with E-state index in [2.05, 4.69) is 0 Å². The van der Waals surface area contributed by atoms with Crippen molar-refractivity contribution < 1.29 is 9.59 Å². The molecular weight excluding hydrogens is 226 g/mol. The summed E-state index contributed by atoms with van der Waals surface area (Å²) in [6.07, 6.45) is 0.798. The number of amides is 2. The number of para-hydroxylation sites is 1. The third-order valence-corrected chi connectivity index (χ3v) is 3.54. The van der Waals surface area contributed by atoms with Crippen LogP contribution in [0.4, 0.5) is 5.69 Å². The second-order valence-electron chi connectivity index (χ2n) is 4.63. The fourth-order valence-electron chi connectivity index (χ4n) is 2.28. The van der Waals surface area contributed by atoms with E-state index < -0.39 is 0 Å². The fraction of sp³-hybridized carbons (Fsp3) is 0.333. The summed E-state index contributed by atoms with van der Waals surface area (Å²) in [6.45, 7) is 7.37. The lowest BCUT2D eigenvalue weighted by Crippen LogP contribution is -2.32. The quantitative estimate of drug-likeness (QED) is 0.749. The third kappa shape index (κ3) is 1.67. The van der Waals surface area contributed by atoms with E-state index in [1.165, 1.54) is 4.90 Å². The Morgan fingerprint density at radius 1 is 1.00 bits per heavy atom. The Bertz CT molecular complexity index is 546. The van der Waals surface area contributed by atoms with Crippen LogP contribution in [0.5, 0.6) is 0 Å². The molecule has 3 heteroatoms. The van der Waals surface area contributed by atoms with E-state index in [1.807, 2.05) is 32.0 Å². The van der Waals surface area contributed by atoms with Crippen LogP contribution in [0.15, 0.2) is 29.3 Å². The molecular formula is C15H17NO2. The summed E-state index contributed by atoms with van der Waals surface area (Å²) in [4.78, 5) is 25.7. The Balaban J connectivity index is 2.59. The smallest absolute Gasteiger partial charge is 0.261 e. The normalized spacial score (nSPS) is 15.9. The molecule has 1 heterocycles. The zero-order chi connectivity index (χ0) is 13.4. The predicted octanol–water partition coefficient (Wildman–Crippen LogP) is 2.77. The molecule has 0 unspecified atom stereocenters. The molecule has 1 aliphatic rings. The number of hydrogen-bond donors (Lipinski definition) is 0. The van der Waals surface area contributed by atoms with Gasteiger partial charge in [-0.25, -0.2) is 4.90 Å². The summed E-state index contributed by atoms with van der Waals surface area (Å²) in [7, 11) is 0. The molecule has 0 aliphatic carbocycles. The minimum absolute atomic E-state index is 0.193. The van der Waals surface area contributed by atoms with Crippen molar-refractivity contribution in [3.05, 3.63) is 40.5 Å². The van der Waals surface area contributed by atoms with Crippen LogP contribution in [-0.2, 0) is 16.0 Å². The number of hydrogen-bond acceptors (Lipinski definition) is 2. The summed E-state index contributed by atoms with van der Waals surface area (Å²) in [6, 6.07) is 5.85. The van der Waals surface area contributed by atoms with Crippen LogP contribution >= 0.6 is 0 Å². The molecule has 0 fully saturated rings. The maximum atomic E-state index is 12.2. The second kappa shape index (κ2) is 4.41. The van der Waals surface area contributed by atoms with Crippen molar-refractivity contribution >= 4 is 17.5 Å². The SMILES string of the molecule is CCc1cccc(C)c1N1C(=O)C(C)=C(C)C1=O. The maximum absolute atomic E-state index is 12.2. The van der Waals surface area contributed by atoms with Gasteiger partial charge in [-0.2, -0.15) is 0 Å². The summed E-state index contributed by atoms with van der Waals surface area (Å²) >= 11 is 0. The van der Waals surface area contributed by atoms with Crippen LogP contribution in [0, 0.1) is 6.92 Å². The van der Waals surface area contributed by atoms with Crippen molar-refractivity contribution in [2.75, 3.05) is 4.90 Å². The molecule has 0 atom stereocenters. The minimum Gasteiger partial charge on any atom is -0.269 e. The van der Waals surface area contributed by atoms with Crippen LogP contribution in [0.2, 0.25) is 0 Å². The molecule has 0 saturated carbocycles. The molecule has 0 N–H and O–H groups in total. The monoisotopic (exact) mass is 243 g/mol. The third-order valence-electron chi connectivity index (χ3n) is 3.54. The van der Waals surface area contributed by atoms with Gasteiger partial charge < -0.3 is 0 Å². The van der Waals surface area contributed by atoms with Gasteiger partial charge >= 0.3 is 0 Å². The van der Waals surface area contributed by atoms with E-state index in [4.69, 9.17) is 0 Å². The van der Waals surface area contributed by atoms with Gasteiger partial charge in [0.15, 0.2) is 0 Å². The Morgan fingerprint density at radius 2 is 1.56 bits per heavy atom. The predicted molar refractivity (Wildman–Crippen MR) is 71.4 cm³/mol. The average molecular weight is 243 g/mol. The van der Waals surface area contributed by atoms with Gasteiger partial charge in [0.1, 0.15) is 0 Å². The Kier molecular flexibility index (Phi) is 3.07. The Hall–Kier alpha value is -1.90. The molecule has 0 spiro atoms. The number of aryl methyl sites for hydroxylation is 2. The lowest BCUT2D eigenvalue weighted by atomic mass is 10.0. The van der Waals surface area contributed by atoms with Crippen molar-refractivity contribution in [3.63, 3.8) is 0 Å². The zero-order valence-corrected chi connectivity index (χ0v) is 11.2. The number of carbonyl (C=O) groups is 2. The fourth-order valence-corrected chi connectivity index (χ4v) is 2.28. The molecule has 1 aliphatic heterocycles. The second-order valence-corrected chi connectivity index (χ2v) is 4.63. The molecule has 2 rings (SSSR count). The summed E-state index contributed by atoms with van der Waals surface area (Å²) in [5, 5.41) is 0. The highest BCUT2D eigenvalue weighted by molar-refractivity contribution is 6.32. The standard InChI is InChI=1S/C15H17NO2/c1-5-12-8-6-7-9(2)13(12)16-14(17)10(3)11(4)15(16)18/h6-8H,5H2,1-4H3. The Labute approximate surface area is 107 Å². The zero-order valence-electron chi connectivity index (χ0n) is 11.2. The first kappa shape index (κ1) is 12.6. The number of rotatable bonds is 2. The van der Waals surface area contributed by atoms with Crippen LogP contribution in [0.25, 0.3) is 0 Å². The van der Waals surface area contributed by atoms with Gasteiger partial charge in [-0.05, 0) is 38.3 Å². The van der Waals surface area contributed by atoms with Crippen molar-refractivity contribution in [3.8, 4) is 0 Å². The minimum atomic E-state index is -0.193. The number of imide groups is 1. The van der Waals surface area contributed by atoms with Gasteiger partial charge in [-0.1, -0.05) is 25.1 Å². The first-order valence-corrected chi connectivity index (χ1v) is 6.13. The van der Waals surface area contributed by atoms with Gasteiger partial charge in [-0.3, -0.25) is 9.59 Å². The van der Waals surface area contributed by atoms with Gasteiger partial charge in [0.05, 0.1) is 5.69 Å². The van der Waals surface area contributed by atoms with Crippen LogP contribution in [-0.4, -0.2) is 11.8 Å². The molecule has 0 saturated heterocycles. The first-order valence-electron chi connectivity index (χ1n) is 6.13. The number of benzene rings is 1. The van der Waals surface area contributed by atoms with Gasteiger partial charge in [0.2, 0.25) is 0 Å². The summed E-state index contributed by atoms with van der Waals surface area (Å²) < 4.78 is 0. The van der Waals surface area contributed by atoms with E-state index in [0.29, 0.717) is 11.1 Å². The number of anilines is 1. The highest BCUT2D eigenvalue weighted by Crippen LogP contribution is 2.32. The highest BCUT2D eigenvalue weighted by atomic mass is 16.2. The molecule has 0 bridgehead atoms. The number of carbonyl (C=O) groups excluding carboxylic acids is 2. The molecule has 0 aromatic heterocycles. The molecule has 3 nitrogen and oxygen atoms in total. The van der Waals surface area contributed by atoms with Gasteiger partial charge in [-0.15, -0.1) is 0 Å². The van der Waals surface area contributed by atoms with E-state index in [0.717, 1.165) is 23.2 Å². The lowest BCUT2D eigenvalue weighted by Gasteiger charge is -2.20. The number of nitrogens with zero attached hydrogens (tertiary/aromatic N) is 1. The van der Waals surface area contributed by atoms with Crippen molar-refractivity contribution in [1.29, 1.82) is 0 Å². The van der Waals surface area contributed by atoms with Crippen molar-refractivity contribution in [2.45, 2.75) is 34.1 Å². The summed E-state index contributed by atoms with van der Waals surface area (Å²) in [5.74, 6) is -0.386. The van der Waals surface area contributed by atoms with Crippen LogP contribution in [0.1, 0.15) is 31.9 Å². The molecule has 18 heavy (non-hydrogen) atoms. The topological polar surface area (TPSA) is 37.4 Å². The maximum Gasteiger partial charge on any atom is 0.261 e. The van der Waals surface area contributed by atoms with Gasteiger partial charge in [0, 0.05) is 11.1 Å². The molecule has 2 amide bonds. The van der Waals surface area contributed by atoms with E-state index in [9.17, 15) is 9.59 Å². The van der Waals surface area contributed by atoms with Crippen LogP contribution < -0.4 is 4.90 Å². The van der Waals surface area contributed by atoms with E-state index in [-0.39, 0.29) is 11.8 Å². The average Bonchev–Trinajstić information content (AvgIpc) is 2.54. The van der Waals surface area contributed by atoms with Crippen molar-refractivity contribution in [2.24, 2.45) is 0 Å². The van der Waals surface area contributed by atoms with Gasteiger partial charge in [0.25, 0.3) is 11.8 Å². The Morgan fingerprint density at radius 3 is 2.06 bits per heavy atom. The largest absolute Gasteiger partial charge is 0.269 e. The molecule has 1 aromatic rings. The highest BCUT2D eigenvalue weighted by Gasteiger charge is 2.36. The van der Waals surface area contributed by atoms with Crippen LogP contribution in [0.3, 0.4) is 0 Å². The first-order chi connectivity index (χ1) is 8.49. The summed E-state index contributed by atoms with van der Waals surface area (Å²) in [5.41, 5.74) is 3.83. The van der Waals surface area contributed by atoms with E-state index >= 15 is 0 Å². The molecule has 0 radical (unpaired) electrons.